The van der Waals surface area contributed by atoms with Gasteiger partial charge < -0.3 is 9.51 Å². The molecule has 0 spiro atoms. The summed E-state index contributed by atoms with van der Waals surface area (Å²) in [4.78, 5) is 6.71. The second kappa shape index (κ2) is 2.39. The Morgan fingerprint density at radius 1 is 1.55 bits per heavy atom. The van der Waals surface area contributed by atoms with Crippen LogP contribution in [0.1, 0.15) is 0 Å². The molecule has 2 rings (SSSR count). The van der Waals surface area contributed by atoms with Crippen LogP contribution in [0.2, 0.25) is 5.02 Å². The van der Waals surface area contributed by atoms with Crippen molar-refractivity contribution in [1.82, 2.24) is 15.1 Å². The number of hydrogen-bond acceptors (Lipinski definition) is 3. The van der Waals surface area contributed by atoms with E-state index in [1.165, 1.54) is 6.33 Å². The summed E-state index contributed by atoms with van der Waals surface area (Å²) in [5.74, 6) is 0.442. The molecule has 0 aliphatic rings. The van der Waals surface area contributed by atoms with Gasteiger partial charge in [-0.2, -0.15) is 4.98 Å². The van der Waals surface area contributed by atoms with Gasteiger partial charge in [0, 0.05) is 6.20 Å². The predicted molar refractivity (Wildman–Crippen MR) is 39.1 cm³/mol. The fourth-order valence-electron chi connectivity index (χ4n) is 0.783. The van der Waals surface area contributed by atoms with E-state index >= 15 is 0 Å². The number of H-pyrrole nitrogens is 1. The molecule has 0 aromatic carbocycles. The van der Waals surface area contributed by atoms with Crippen molar-refractivity contribution in [2.24, 2.45) is 0 Å². The summed E-state index contributed by atoms with van der Waals surface area (Å²) in [6.07, 6.45) is 2.99. The second-order valence-corrected chi connectivity index (χ2v) is 2.41. The van der Waals surface area contributed by atoms with Gasteiger partial charge in [0.05, 0.1) is 5.02 Å². The highest BCUT2D eigenvalue weighted by atomic mass is 35.5. The monoisotopic (exact) mass is 169 g/mol. The molecule has 2 aromatic heterocycles. The van der Waals surface area contributed by atoms with Gasteiger partial charge in [0.15, 0.2) is 6.33 Å². The minimum Gasteiger partial charge on any atom is -0.356 e. The number of hydrogen-bond donors (Lipinski definition) is 1. The molecule has 2 heterocycles. The lowest BCUT2D eigenvalue weighted by Crippen LogP contribution is -1.73. The molecule has 0 amide bonds. The lowest BCUT2D eigenvalue weighted by molar-refractivity contribution is 0.429. The van der Waals surface area contributed by atoms with Gasteiger partial charge in [-0.05, 0) is 6.07 Å². The van der Waals surface area contributed by atoms with Crippen LogP contribution in [0.4, 0.5) is 0 Å². The number of nitrogens with zero attached hydrogens (tertiary/aromatic N) is 2. The zero-order valence-corrected chi connectivity index (χ0v) is 6.17. The summed E-state index contributed by atoms with van der Waals surface area (Å²) in [7, 11) is 0. The highest BCUT2D eigenvalue weighted by Crippen LogP contribution is 2.18. The van der Waals surface area contributed by atoms with Crippen molar-refractivity contribution in [3.8, 4) is 11.6 Å². The van der Waals surface area contributed by atoms with E-state index in [1.807, 2.05) is 0 Å². The van der Waals surface area contributed by atoms with E-state index in [0.717, 1.165) is 5.69 Å². The third-order valence-corrected chi connectivity index (χ3v) is 1.46. The molecule has 0 aliphatic heterocycles. The summed E-state index contributed by atoms with van der Waals surface area (Å²) in [6, 6.07) is 1.72. The zero-order valence-electron chi connectivity index (χ0n) is 5.41. The molecule has 11 heavy (non-hydrogen) atoms. The summed E-state index contributed by atoms with van der Waals surface area (Å²) in [5, 5.41) is 4.08. The SMILES string of the molecule is Clc1c[nH]c(-c2ncno2)c1. The Balaban J connectivity index is 2.45. The second-order valence-electron chi connectivity index (χ2n) is 1.98. The Bertz CT molecular complexity index is 340. The first-order chi connectivity index (χ1) is 5.36. The van der Waals surface area contributed by atoms with Crippen molar-refractivity contribution in [2.45, 2.75) is 0 Å². The van der Waals surface area contributed by atoms with Crippen LogP contribution in [0.25, 0.3) is 11.6 Å². The lowest BCUT2D eigenvalue weighted by Gasteiger charge is -1.82. The molecular formula is C6H4ClN3O. The molecule has 0 atom stereocenters. The first-order valence-corrected chi connectivity index (χ1v) is 3.35. The molecule has 56 valence electrons. The Morgan fingerprint density at radius 3 is 3.00 bits per heavy atom. The van der Waals surface area contributed by atoms with Gasteiger partial charge in [-0.3, -0.25) is 0 Å². The number of halogens is 1. The van der Waals surface area contributed by atoms with Gasteiger partial charge in [0.1, 0.15) is 5.69 Å². The van der Waals surface area contributed by atoms with Crippen molar-refractivity contribution in [1.29, 1.82) is 0 Å². The Morgan fingerprint density at radius 2 is 2.45 bits per heavy atom. The minimum atomic E-state index is 0.442. The molecule has 0 radical (unpaired) electrons. The van der Waals surface area contributed by atoms with Crippen molar-refractivity contribution in [3.05, 3.63) is 23.6 Å². The first kappa shape index (κ1) is 6.42. The van der Waals surface area contributed by atoms with Gasteiger partial charge in [-0.25, -0.2) is 0 Å². The van der Waals surface area contributed by atoms with Gasteiger partial charge in [0.2, 0.25) is 0 Å². The fourth-order valence-corrected chi connectivity index (χ4v) is 0.947. The average molecular weight is 170 g/mol. The quantitative estimate of drug-likeness (QED) is 0.707. The molecular weight excluding hydrogens is 166 g/mol. The van der Waals surface area contributed by atoms with Crippen molar-refractivity contribution in [2.75, 3.05) is 0 Å². The number of aromatic nitrogens is 3. The molecule has 0 fully saturated rings. The third kappa shape index (κ3) is 1.12. The summed E-state index contributed by atoms with van der Waals surface area (Å²) in [5.41, 5.74) is 0.729. The Kier molecular flexibility index (Phi) is 1.40. The molecule has 0 unspecified atom stereocenters. The van der Waals surface area contributed by atoms with Crippen LogP contribution < -0.4 is 0 Å². The Labute approximate surface area is 67.2 Å². The van der Waals surface area contributed by atoms with E-state index < -0.39 is 0 Å². The van der Waals surface area contributed by atoms with Gasteiger partial charge in [0.25, 0.3) is 5.89 Å². The van der Waals surface area contributed by atoms with Crippen molar-refractivity contribution in [3.63, 3.8) is 0 Å². The zero-order chi connectivity index (χ0) is 7.68. The lowest BCUT2D eigenvalue weighted by atomic mass is 10.4. The number of rotatable bonds is 1. The maximum Gasteiger partial charge on any atom is 0.274 e. The highest BCUT2D eigenvalue weighted by Gasteiger charge is 2.04. The maximum absolute atomic E-state index is 5.66. The first-order valence-electron chi connectivity index (χ1n) is 2.97. The predicted octanol–water partition coefficient (Wildman–Crippen LogP) is 1.72. The van der Waals surface area contributed by atoms with Gasteiger partial charge in [-0.15, -0.1) is 0 Å². The van der Waals surface area contributed by atoms with Crippen LogP contribution >= 0.6 is 11.6 Å². The average Bonchev–Trinajstić information content (AvgIpc) is 2.55. The highest BCUT2D eigenvalue weighted by molar-refractivity contribution is 6.30. The number of nitrogens with one attached hydrogen (secondary N) is 1. The van der Waals surface area contributed by atoms with Crippen molar-refractivity contribution >= 4 is 11.6 Å². The van der Waals surface area contributed by atoms with Crippen LogP contribution in [-0.2, 0) is 0 Å². The van der Waals surface area contributed by atoms with E-state index in [4.69, 9.17) is 16.1 Å². The fraction of sp³-hybridized carbons (Fsp3) is 0. The van der Waals surface area contributed by atoms with Crippen LogP contribution in [0.15, 0.2) is 23.1 Å². The molecule has 0 bridgehead atoms. The van der Waals surface area contributed by atoms with E-state index in [2.05, 4.69) is 15.1 Å². The third-order valence-electron chi connectivity index (χ3n) is 1.24. The summed E-state index contributed by atoms with van der Waals surface area (Å²) in [6.45, 7) is 0. The van der Waals surface area contributed by atoms with E-state index in [1.54, 1.807) is 12.3 Å². The summed E-state index contributed by atoms with van der Waals surface area (Å²) < 4.78 is 4.78. The van der Waals surface area contributed by atoms with Crippen LogP contribution in [0.5, 0.6) is 0 Å². The largest absolute Gasteiger partial charge is 0.356 e. The normalized spacial score (nSPS) is 10.3. The smallest absolute Gasteiger partial charge is 0.274 e. The topological polar surface area (TPSA) is 54.7 Å². The van der Waals surface area contributed by atoms with Crippen molar-refractivity contribution < 1.29 is 4.52 Å². The summed E-state index contributed by atoms with van der Waals surface area (Å²) >= 11 is 5.66. The molecule has 1 N–H and O–H groups in total. The molecule has 2 aromatic rings. The van der Waals surface area contributed by atoms with Crippen LogP contribution in [-0.4, -0.2) is 15.1 Å². The molecule has 0 saturated heterocycles. The van der Waals surface area contributed by atoms with E-state index in [0.29, 0.717) is 10.9 Å². The standard InChI is InChI=1S/C6H4ClN3O/c7-4-1-5(8-2-4)6-9-3-10-11-6/h1-3,8H. The number of aromatic amines is 1. The van der Waals surface area contributed by atoms with Crippen LogP contribution in [0, 0.1) is 0 Å². The van der Waals surface area contributed by atoms with Crippen LogP contribution in [0.3, 0.4) is 0 Å². The Hall–Kier alpha value is -1.29. The molecule has 5 heteroatoms. The van der Waals surface area contributed by atoms with Gasteiger partial charge in [-0.1, -0.05) is 16.8 Å². The van der Waals surface area contributed by atoms with Gasteiger partial charge >= 0.3 is 0 Å². The maximum atomic E-state index is 5.66. The molecule has 0 saturated carbocycles. The van der Waals surface area contributed by atoms with E-state index in [9.17, 15) is 0 Å². The molecule has 0 aliphatic carbocycles. The minimum absolute atomic E-state index is 0.442. The van der Waals surface area contributed by atoms with E-state index in [-0.39, 0.29) is 0 Å². The molecule has 4 nitrogen and oxygen atoms in total.